The molecule has 9 aromatic carbocycles. The van der Waals surface area contributed by atoms with Crippen LogP contribution in [0.15, 0.2) is 206 Å². The number of rotatable bonds is 4. The molecule has 0 N–H and O–H groups in total. The van der Waals surface area contributed by atoms with E-state index in [1.807, 2.05) is 12.2 Å². The first-order valence-corrected chi connectivity index (χ1v) is 22.3. The Hall–Kier alpha value is -5.18. The molecule has 3 heteroatoms. The third-order valence-electron chi connectivity index (χ3n) is 9.62. The predicted molar refractivity (Wildman–Crippen MR) is 228 cm³/mol. The van der Waals surface area contributed by atoms with E-state index in [1.165, 1.54) is 76.5 Å². The van der Waals surface area contributed by atoms with Gasteiger partial charge in [0.1, 0.15) is 0 Å². The summed E-state index contributed by atoms with van der Waals surface area (Å²) in [5, 5.41) is 10.8. The second kappa shape index (κ2) is 19.4. The largest absolute Gasteiger partial charge is 1.00 e. The average Bonchev–Trinajstić information content (AvgIpc) is 3.96. The van der Waals surface area contributed by atoms with Crippen molar-refractivity contribution in [1.82, 2.24) is 0 Å². The van der Waals surface area contributed by atoms with Crippen molar-refractivity contribution in [2.75, 3.05) is 0 Å². The molecule has 0 unspecified atom stereocenters. The van der Waals surface area contributed by atoms with Crippen LogP contribution in [0.3, 0.4) is 0 Å². The molecule has 268 valence electrons. The van der Waals surface area contributed by atoms with Crippen LogP contribution in [0, 0.1) is 6.08 Å². The van der Waals surface area contributed by atoms with Crippen LogP contribution in [0.1, 0.15) is 17.5 Å². The molecule has 0 bridgehead atoms. The molecule has 1 aliphatic rings. The van der Waals surface area contributed by atoms with E-state index < -0.39 is 21.9 Å². The van der Waals surface area contributed by atoms with E-state index in [0.717, 1.165) is 6.42 Å². The van der Waals surface area contributed by atoms with Crippen molar-refractivity contribution in [2.24, 2.45) is 0 Å². The Labute approximate surface area is 347 Å². The summed E-state index contributed by atoms with van der Waals surface area (Å²) in [5.41, 5.74) is 7.79. The van der Waals surface area contributed by atoms with Crippen LogP contribution in [0.2, 0.25) is 0 Å². The van der Waals surface area contributed by atoms with Gasteiger partial charge in [0.05, 0.1) is 0 Å². The smallest absolute Gasteiger partial charge is 0.0255 e. The Morgan fingerprint density at radius 1 is 0.436 bits per heavy atom. The summed E-state index contributed by atoms with van der Waals surface area (Å²) in [6, 6.07) is 67.4. The molecule has 1 aliphatic carbocycles. The number of hydrogen-bond donors (Lipinski definition) is 0. The van der Waals surface area contributed by atoms with Gasteiger partial charge < -0.3 is 24.8 Å². The maximum Gasteiger partial charge on any atom is -0.0255 e. The van der Waals surface area contributed by atoms with Gasteiger partial charge >= 0.3 is 172 Å². The Balaban J connectivity index is 0.000000163. The van der Waals surface area contributed by atoms with Gasteiger partial charge in [-0.3, -0.25) is 6.08 Å². The monoisotopic (exact) mass is 912 g/mol. The van der Waals surface area contributed by atoms with Crippen molar-refractivity contribution in [3.8, 4) is 22.3 Å². The quantitative estimate of drug-likeness (QED) is 0.0980. The van der Waals surface area contributed by atoms with E-state index in [1.54, 1.807) is 0 Å². The summed E-state index contributed by atoms with van der Waals surface area (Å²) in [6.45, 7) is 0. The van der Waals surface area contributed by atoms with Crippen LogP contribution in [0.4, 0.5) is 0 Å². The second-order valence-electron chi connectivity index (χ2n) is 13.0. The molecule has 0 aromatic heterocycles. The summed E-state index contributed by atoms with van der Waals surface area (Å²) in [4.78, 5) is 0. The Morgan fingerprint density at radius 3 is 1.36 bits per heavy atom. The van der Waals surface area contributed by atoms with Gasteiger partial charge in [0.15, 0.2) is 0 Å². The van der Waals surface area contributed by atoms with Gasteiger partial charge in [0.2, 0.25) is 0 Å². The van der Waals surface area contributed by atoms with E-state index >= 15 is 0 Å². The molecule has 0 fully saturated rings. The minimum atomic E-state index is -0.910. The maximum absolute atomic E-state index is 2.99. The van der Waals surface area contributed by atoms with Crippen molar-refractivity contribution in [3.63, 3.8) is 0 Å². The molecule has 9 aromatic rings. The van der Waals surface area contributed by atoms with Gasteiger partial charge in [-0.05, 0) is 10.8 Å². The normalized spacial score (nSPS) is 11.1. The predicted octanol–water partition coefficient (Wildman–Crippen LogP) is 7.44. The number of hydrogen-bond acceptors (Lipinski definition) is 0. The summed E-state index contributed by atoms with van der Waals surface area (Å²) in [5.74, 6) is 0. The zero-order valence-electron chi connectivity index (χ0n) is 30.2. The van der Waals surface area contributed by atoms with Crippen molar-refractivity contribution >= 4 is 50.6 Å². The van der Waals surface area contributed by atoms with E-state index in [9.17, 15) is 0 Å². The molecule has 0 spiro atoms. The topological polar surface area (TPSA) is 0 Å². The number of benzene rings is 8. The standard InChI is InChI=1S/C21H13.2C13H10.C5H5.2ClH.Hf/c1-2-8-15-14(7-1)13-20-18-11-4-3-9-16(18)17-10-5-6-12-19(17)21(15)20;2*1-11-7-9-13(10-8-11)12-5-3-2-4-6-12;1-2-4-5-3-1;;;/h1-13H;2*1-10H;1-3H,4H2;2*1H;/q-1;;;-1;;;/p-2. The molecule has 0 saturated carbocycles. The van der Waals surface area contributed by atoms with E-state index in [4.69, 9.17) is 0 Å². The van der Waals surface area contributed by atoms with Crippen LogP contribution in [-0.2, 0) is 21.9 Å². The molecule has 0 saturated heterocycles. The SMILES string of the molecule is [C-]1=CC=CC1.[CH](=[Hf]=[CH]c1ccc(-c2ccccc2)cc1)c1ccc(-c2ccccc2)cc1.[Cl-].[Cl-].c1ccc2c(c1)[cH-]c1c3ccccc3c3ccccc3c21. The van der Waals surface area contributed by atoms with E-state index in [0.29, 0.717) is 0 Å². The second-order valence-corrected chi connectivity index (χ2v) is 16.3. The van der Waals surface area contributed by atoms with Crippen LogP contribution in [-0.4, -0.2) is 7.52 Å². The first-order chi connectivity index (χ1) is 26.3. The van der Waals surface area contributed by atoms with Gasteiger partial charge in [0.25, 0.3) is 0 Å². The van der Waals surface area contributed by atoms with Crippen LogP contribution >= 0.6 is 0 Å². The van der Waals surface area contributed by atoms with Crippen LogP contribution in [0.5, 0.6) is 0 Å². The molecule has 0 aliphatic heterocycles. The molecule has 10 rings (SSSR count). The molecular weight excluding hydrogens is 874 g/mol. The third kappa shape index (κ3) is 9.38. The third-order valence-corrected chi connectivity index (χ3v) is 13.2. The van der Waals surface area contributed by atoms with Gasteiger partial charge in [0, 0.05) is 0 Å². The van der Waals surface area contributed by atoms with Crippen molar-refractivity contribution in [2.45, 2.75) is 6.42 Å². The molecule has 0 radical (unpaired) electrons. The zero-order valence-corrected chi connectivity index (χ0v) is 35.4. The Morgan fingerprint density at radius 2 is 0.873 bits per heavy atom. The summed E-state index contributed by atoms with van der Waals surface area (Å²) in [7, 11) is 0. The van der Waals surface area contributed by atoms with Crippen molar-refractivity contribution in [3.05, 3.63) is 223 Å². The Kier molecular flexibility index (Phi) is 14.0. The zero-order chi connectivity index (χ0) is 35.7. The van der Waals surface area contributed by atoms with E-state index in [-0.39, 0.29) is 24.8 Å². The fourth-order valence-electron chi connectivity index (χ4n) is 6.99. The molecule has 0 heterocycles. The fourth-order valence-corrected chi connectivity index (χ4v) is 10.1. The average molecular weight is 912 g/mol. The molecule has 0 nitrogen and oxygen atoms in total. The minimum absolute atomic E-state index is 0. The molecular formula is C52H38Cl2Hf-4. The number of halogens is 2. The molecule has 0 atom stereocenters. The maximum atomic E-state index is 2.99. The number of allylic oxidation sites excluding steroid dienone is 4. The van der Waals surface area contributed by atoms with Gasteiger partial charge in [-0.15, -0.1) is 40.1 Å². The van der Waals surface area contributed by atoms with Gasteiger partial charge in [-0.2, -0.15) is 6.08 Å². The number of fused-ring (bicyclic) bond motifs is 8. The Bertz CT molecular complexity index is 2650. The molecule has 0 amide bonds. The van der Waals surface area contributed by atoms with Crippen LogP contribution in [0.25, 0.3) is 65.3 Å². The van der Waals surface area contributed by atoms with Crippen molar-refractivity contribution in [1.29, 1.82) is 0 Å². The fraction of sp³-hybridized carbons (Fsp3) is 0.0192. The van der Waals surface area contributed by atoms with E-state index in [2.05, 4.69) is 208 Å². The summed E-state index contributed by atoms with van der Waals surface area (Å²) >= 11 is -0.910. The van der Waals surface area contributed by atoms with Crippen LogP contribution < -0.4 is 24.8 Å². The first-order valence-electron chi connectivity index (χ1n) is 18.1. The van der Waals surface area contributed by atoms with Gasteiger partial charge in [-0.1, -0.05) is 77.5 Å². The summed E-state index contributed by atoms with van der Waals surface area (Å²) < 4.78 is 4.92. The van der Waals surface area contributed by atoms with Gasteiger partial charge in [-0.25, -0.2) is 12.2 Å². The minimum Gasteiger partial charge on any atom is -1.00 e. The molecule has 55 heavy (non-hydrogen) atoms. The summed E-state index contributed by atoms with van der Waals surface area (Å²) in [6.07, 6.45) is 10.0. The first kappa shape index (κ1) is 39.5. The van der Waals surface area contributed by atoms with Crippen molar-refractivity contribution < 1.29 is 46.8 Å².